The van der Waals surface area contributed by atoms with Gasteiger partial charge in [-0.05, 0) is 57.2 Å². The summed E-state index contributed by atoms with van der Waals surface area (Å²) < 4.78 is 5.92. The monoisotopic (exact) mass is 452 g/mol. The van der Waals surface area contributed by atoms with Crippen molar-refractivity contribution in [1.29, 1.82) is 0 Å². The van der Waals surface area contributed by atoms with Gasteiger partial charge in [0.1, 0.15) is 11.3 Å². The topological polar surface area (TPSA) is 79.0 Å². The van der Waals surface area contributed by atoms with Crippen LogP contribution in [0.4, 0.5) is 0 Å². The van der Waals surface area contributed by atoms with Gasteiger partial charge in [0.05, 0.1) is 11.4 Å². The molecule has 168 valence electrons. The Balaban J connectivity index is 1.45. The molecule has 2 heterocycles. The highest BCUT2D eigenvalue weighted by molar-refractivity contribution is 6.32. The van der Waals surface area contributed by atoms with Crippen molar-refractivity contribution in [2.45, 2.75) is 46.0 Å². The molecule has 1 aromatic heterocycles. The van der Waals surface area contributed by atoms with Crippen molar-refractivity contribution in [1.82, 2.24) is 10.6 Å². The second-order valence-electron chi connectivity index (χ2n) is 8.66. The van der Waals surface area contributed by atoms with Gasteiger partial charge in [-0.3, -0.25) is 4.79 Å². The summed E-state index contributed by atoms with van der Waals surface area (Å²) in [6.07, 6.45) is 5.71. The van der Waals surface area contributed by atoms with Crippen LogP contribution in [0.1, 0.15) is 50.4 Å². The van der Waals surface area contributed by atoms with E-state index in [1.807, 2.05) is 32.0 Å². The highest BCUT2D eigenvalue weighted by Crippen LogP contribution is 2.36. The largest absolute Gasteiger partial charge is 0.461 e. The minimum atomic E-state index is 0.283. The van der Waals surface area contributed by atoms with E-state index in [1.165, 1.54) is 0 Å². The maximum absolute atomic E-state index is 11.4. The van der Waals surface area contributed by atoms with Crippen LogP contribution in [-0.4, -0.2) is 24.8 Å². The van der Waals surface area contributed by atoms with E-state index in [9.17, 15) is 4.79 Å². The summed E-state index contributed by atoms with van der Waals surface area (Å²) in [7, 11) is 1.80. The van der Waals surface area contributed by atoms with Gasteiger partial charge in [-0.2, -0.15) is 10.2 Å². The van der Waals surface area contributed by atoms with Crippen LogP contribution in [-0.2, 0) is 4.79 Å². The Morgan fingerprint density at radius 1 is 1.28 bits per heavy atom. The number of fused-ring (bicyclic) bond motifs is 1. The molecule has 2 atom stereocenters. The van der Waals surface area contributed by atoms with Gasteiger partial charge in [0.2, 0.25) is 0 Å². The molecular formula is C25H29ClN4O2. The van der Waals surface area contributed by atoms with E-state index in [-0.39, 0.29) is 5.92 Å². The lowest BCUT2D eigenvalue weighted by molar-refractivity contribution is -0.105. The van der Waals surface area contributed by atoms with E-state index in [2.05, 4.69) is 27.4 Å². The van der Waals surface area contributed by atoms with Crippen LogP contribution in [0.5, 0.6) is 0 Å². The van der Waals surface area contributed by atoms with Gasteiger partial charge in [0, 0.05) is 52.5 Å². The molecule has 0 amide bonds. The molecule has 7 heteroatoms. The standard InChI is InChI=1S/C25H29ClN4O2/c1-14-8-19-10-20(26)11-21(25(19)32-14)23-12-22(29-30-23)18-7-5-6-17(9-18)15(2)28-24(13-31)16(3)27-4/h8,10-11,13,17-18,27-28H,2,5-7,9,12H2,1,3-4H3/b24-16+. The number of carbonyl (C=O) groups excluding carboxylic acids is 1. The Morgan fingerprint density at radius 2 is 2.09 bits per heavy atom. The lowest BCUT2D eigenvalue weighted by Crippen LogP contribution is -2.29. The predicted molar refractivity (Wildman–Crippen MR) is 130 cm³/mol. The molecular weight excluding hydrogens is 424 g/mol. The van der Waals surface area contributed by atoms with E-state index in [0.29, 0.717) is 23.1 Å². The van der Waals surface area contributed by atoms with Crippen LogP contribution in [0.2, 0.25) is 5.02 Å². The van der Waals surface area contributed by atoms with Crippen molar-refractivity contribution in [3.05, 3.63) is 58.2 Å². The Bertz CT molecular complexity index is 1160. The first-order chi connectivity index (χ1) is 15.4. The van der Waals surface area contributed by atoms with Gasteiger partial charge >= 0.3 is 0 Å². The highest BCUT2D eigenvalue weighted by Gasteiger charge is 2.31. The average molecular weight is 453 g/mol. The fourth-order valence-corrected chi connectivity index (χ4v) is 4.86. The zero-order valence-corrected chi connectivity index (χ0v) is 19.6. The minimum Gasteiger partial charge on any atom is -0.461 e. The molecule has 4 rings (SSSR count). The molecule has 0 saturated heterocycles. The quantitative estimate of drug-likeness (QED) is 0.429. The predicted octanol–water partition coefficient (Wildman–Crippen LogP) is 5.50. The first-order valence-electron chi connectivity index (χ1n) is 11.0. The van der Waals surface area contributed by atoms with Crippen molar-refractivity contribution in [3.8, 4) is 0 Å². The number of halogens is 1. The summed E-state index contributed by atoms with van der Waals surface area (Å²) in [4.78, 5) is 11.4. The molecule has 0 bridgehead atoms. The molecule has 2 aliphatic rings. The SMILES string of the molecule is C=C(N/C(C=O)=C(\C)NC)C1CCCC(C2=NN=C(c3cc(Cl)cc4cc(C)oc34)C2)C1. The summed E-state index contributed by atoms with van der Waals surface area (Å²) in [5.74, 6) is 1.47. The molecule has 1 aliphatic carbocycles. The van der Waals surface area contributed by atoms with Crippen LogP contribution < -0.4 is 10.6 Å². The van der Waals surface area contributed by atoms with Gasteiger partial charge in [0.15, 0.2) is 6.29 Å². The Kier molecular flexibility index (Phi) is 6.51. The lowest BCUT2D eigenvalue weighted by atomic mass is 9.76. The second kappa shape index (κ2) is 9.33. The van der Waals surface area contributed by atoms with E-state index in [1.54, 1.807) is 7.05 Å². The normalized spacial score (nSPS) is 21.6. The van der Waals surface area contributed by atoms with Crippen LogP contribution >= 0.6 is 11.6 Å². The molecule has 6 nitrogen and oxygen atoms in total. The number of nitrogens with zero attached hydrogens (tertiary/aromatic N) is 2. The van der Waals surface area contributed by atoms with Gasteiger partial charge in [-0.25, -0.2) is 0 Å². The number of allylic oxidation sites excluding steroid dienone is 3. The van der Waals surface area contributed by atoms with Crippen LogP contribution in [0.25, 0.3) is 11.0 Å². The first-order valence-corrected chi connectivity index (χ1v) is 11.4. The van der Waals surface area contributed by atoms with Gasteiger partial charge in [0.25, 0.3) is 0 Å². The molecule has 1 saturated carbocycles. The smallest absolute Gasteiger partial charge is 0.168 e. The first kappa shape index (κ1) is 22.3. The minimum absolute atomic E-state index is 0.283. The Labute approximate surface area is 193 Å². The molecule has 1 aliphatic heterocycles. The Hall–Kier alpha value is -2.86. The van der Waals surface area contributed by atoms with Crippen molar-refractivity contribution < 1.29 is 9.21 Å². The van der Waals surface area contributed by atoms with Crippen LogP contribution in [0, 0.1) is 18.8 Å². The molecule has 1 fully saturated rings. The van der Waals surface area contributed by atoms with Gasteiger partial charge < -0.3 is 15.1 Å². The second-order valence-corrected chi connectivity index (χ2v) is 9.10. The maximum atomic E-state index is 11.4. The third-order valence-corrected chi connectivity index (χ3v) is 6.71. The summed E-state index contributed by atoms with van der Waals surface area (Å²) >= 11 is 6.35. The Morgan fingerprint density at radius 3 is 2.84 bits per heavy atom. The van der Waals surface area contributed by atoms with Crippen LogP contribution in [0.15, 0.2) is 56.5 Å². The molecule has 2 aromatic rings. The summed E-state index contributed by atoms with van der Waals surface area (Å²) in [5, 5.41) is 17.0. The summed E-state index contributed by atoms with van der Waals surface area (Å²) in [6, 6.07) is 5.82. The molecule has 0 radical (unpaired) electrons. The number of aryl methyl sites for hydroxylation is 1. The van der Waals surface area contributed by atoms with E-state index in [4.69, 9.17) is 16.0 Å². The van der Waals surface area contributed by atoms with Crippen molar-refractivity contribution in [2.75, 3.05) is 7.05 Å². The van der Waals surface area contributed by atoms with E-state index >= 15 is 0 Å². The lowest BCUT2D eigenvalue weighted by Gasteiger charge is -2.31. The van der Waals surface area contributed by atoms with E-state index < -0.39 is 0 Å². The van der Waals surface area contributed by atoms with Crippen molar-refractivity contribution in [3.63, 3.8) is 0 Å². The fourth-order valence-electron chi connectivity index (χ4n) is 4.63. The van der Waals surface area contributed by atoms with Gasteiger partial charge in [-0.15, -0.1) is 0 Å². The number of hydrogen-bond acceptors (Lipinski definition) is 6. The third-order valence-electron chi connectivity index (χ3n) is 6.49. The number of furan rings is 1. The third kappa shape index (κ3) is 4.51. The van der Waals surface area contributed by atoms with Crippen molar-refractivity contribution in [2.24, 2.45) is 22.0 Å². The summed E-state index contributed by atoms with van der Waals surface area (Å²) in [6.45, 7) is 8.03. The number of aldehydes is 1. The molecule has 2 N–H and O–H groups in total. The number of hydrogen-bond donors (Lipinski definition) is 2. The molecule has 1 aromatic carbocycles. The number of rotatable bonds is 7. The van der Waals surface area contributed by atoms with E-state index in [0.717, 1.165) is 77.1 Å². The zero-order valence-electron chi connectivity index (χ0n) is 18.8. The molecule has 2 unspecified atom stereocenters. The van der Waals surface area contributed by atoms with Crippen LogP contribution in [0.3, 0.4) is 0 Å². The maximum Gasteiger partial charge on any atom is 0.168 e. The molecule has 0 spiro atoms. The van der Waals surface area contributed by atoms with Gasteiger partial charge in [-0.1, -0.05) is 24.6 Å². The van der Waals surface area contributed by atoms with Crippen molar-refractivity contribution >= 4 is 40.3 Å². The number of nitrogens with one attached hydrogen (secondary N) is 2. The number of benzene rings is 1. The summed E-state index contributed by atoms with van der Waals surface area (Å²) in [5.41, 5.74) is 5.95. The molecule has 32 heavy (non-hydrogen) atoms. The fraction of sp³-hybridized carbons (Fsp3) is 0.400. The average Bonchev–Trinajstić information content (AvgIpc) is 3.42. The number of carbonyl (C=O) groups is 1. The zero-order chi connectivity index (χ0) is 22.8. The highest BCUT2D eigenvalue weighted by atomic mass is 35.5.